The van der Waals surface area contributed by atoms with Crippen molar-refractivity contribution in [1.29, 1.82) is 0 Å². The van der Waals surface area contributed by atoms with Gasteiger partial charge >= 0.3 is 0 Å². The van der Waals surface area contributed by atoms with E-state index in [2.05, 4.69) is 24.1 Å². The molecule has 1 heterocycles. The topological polar surface area (TPSA) is 32.3 Å². The van der Waals surface area contributed by atoms with E-state index < -0.39 is 0 Å². The van der Waals surface area contributed by atoms with Crippen molar-refractivity contribution in [2.75, 3.05) is 18.8 Å². The summed E-state index contributed by atoms with van der Waals surface area (Å²) in [6, 6.07) is 1.01. The van der Waals surface area contributed by atoms with E-state index >= 15 is 0 Å². The molecule has 3 nitrogen and oxygen atoms in total. The third kappa shape index (κ3) is 3.11. The quantitative estimate of drug-likeness (QED) is 0.785. The van der Waals surface area contributed by atoms with Crippen LogP contribution >= 0.6 is 11.8 Å². The Kier molecular flexibility index (Phi) is 3.57. The van der Waals surface area contributed by atoms with E-state index in [1.54, 1.807) is 0 Å². The minimum Gasteiger partial charge on any atom is -0.352 e. The molecule has 2 fully saturated rings. The fraction of sp³-hybridized carbons (Fsp3) is 0.909. The lowest BCUT2D eigenvalue weighted by Gasteiger charge is -2.36. The molecule has 2 aliphatic rings. The molecule has 0 radical (unpaired) electrons. The summed E-state index contributed by atoms with van der Waals surface area (Å²) in [7, 11) is 0. The van der Waals surface area contributed by atoms with Crippen LogP contribution < -0.4 is 5.32 Å². The molecule has 1 aliphatic carbocycles. The molecule has 1 amide bonds. The van der Waals surface area contributed by atoms with Crippen molar-refractivity contribution in [3.63, 3.8) is 0 Å². The van der Waals surface area contributed by atoms with Gasteiger partial charge in [-0.15, -0.1) is 0 Å². The first-order chi connectivity index (χ1) is 7.16. The van der Waals surface area contributed by atoms with Crippen LogP contribution in [0.5, 0.6) is 0 Å². The van der Waals surface area contributed by atoms with Crippen molar-refractivity contribution < 1.29 is 4.79 Å². The van der Waals surface area contributed by atoms with Crippen LogP contribution in [0.3, 0.4) is 0 Å². The average Bonchev–Trinajstić information content (AvgIpc) is 2.97. The van der Waals surface area contributed by atoms with E-state index in [1.807, 2.05) is 11.8 Å². The molecular weight excluding hydrogens is 208 g/mol. The second-order valence-corrected chi connectivity index (χ2v) is 6.11. The number of thioether (sulfide) groups is 1. The standard InChI is InChI=1S/C11H20N2OS/c1-8-9(2)15-6-5-13(8)7-11(14)12-10-3-4-10/h8-10H,3-7H2,1-2H3,(H,12,14). The number of nitrogens with zero attached hydrogens (tertiary/aromatic N) is 1. The second kappa shape index (κ2) is 4.74. The average molecular weight is 228 g/mol. The summed E-state index contributed by atoms with van der Waals surface area (Å²) >= 11 is 2.01. The Morgan fingerprint density at radius 2 is 2.20 bits per heavy atom. The van der Waals surface area contributed by atoms with Gasteiger partial charge < -0.3 is 5.32 Å². The molecule has 2 unspecified atom stereocenters. The predicted molar refractivity (Wildman–Crippen MR) is 64.1 cm³/mol. The molecule has 1 saturated heterocycles. The lowest BCUT2D eigenvalue weighted by atomic mass is 10.2. The van der Waals surface area contributed by atoms with Crippen molar-refractivity contribution in [2.24, 2.45) is 0 Å². The van der Waals surface area contributed by atoms with Crippen LogP contribution in [0.15, 0.2) is 0 Å². The lowest BCUT2D eigenvalue weighted by molar-refractivity contribution is -0.122. The van der Waals surface area contributed by atoms with Crippen LogP contribution in [-0.2, 0) is 4.79 Å². The van der Waals surface area contributed by atoms with E-state index in [0.29, 0.717) is 23.9 Å². The molecule has 1 N–H and O–H groups in total. The van der Waals surface area contributed by atoms with E-state index in [0.717, 1.165) is 12.3 Å². The third-order valence-electron chi connectivity index (χ3n) is 3.30. The minimum atomic E-state index is 0.212. The Bertz CT molecular complexity index is 243. The zero-order chi connectivity index (χ0) is 10.8. The molecule has 86 valence electrons. The molecule has 0 spiro atoms. The van der Waals surface area contributed by atoms with E-state index in [1.165, 1.54) is 12.8 Å². The Balaban J connectivity index is 1.78. The van der Waals surface area contributed by atoms with Crippen molar-refractivity contribution in [2.45, 2.75) is 44.0 Å². The molecule has 0 aromatic carbocycles. The van der Waals surface area contributed by atoms with Crippen LogP contribution in [-0.4, -0.2) is 47.0 Å². The number of carbonyl (C=O) groups excluding carboxylic acids is 1. The van der Waals surface area contributed by atoms with Crippen LogP contribution in [0, 0.1) is 0 Å². The summed E-state index contributed by atoms with van der Waals surface area (Å²) in [5.74, 6) is 1.37. The first-order valence-corrected chi connectivity index (χ1v) is 6.86. The molecule has 15 heavy (non-hydrogen) atoms. The van der Waals surface area contributed by atoms with Crippen molar-refractivity contribution >= 4 is 17.7 Å². The minimum absolute atomic E-state index is 0.212. The first kappa shape index (κ1) is 11.3. The van der Waals surface area contributed by atoms with Gasteiger partial charge in [-0.2, -0.15) is 11.8 Å². The summed E-state index contributed by atoms with van der Waals surface area (Å²) in [5.41, 5.74) is 0. The SMILES string of the molecule is CC1SCCN(CC(=O)NC2CC2)C1C. The first-order valence-electron chi connectivity index (χ1n) is 5.82. The number of hydrogen-bond donors (Lipinski definition) is 1. The zero-order valence-electron chi connectivity index (χ0n) is 9.53. The van der Waals surface area contributed by atoms with Crippen molar-refractivity contribution in [1.82, 2.24) is 10.2 Å². The van der Waals surface area contributed by atoms with Gasteiger partial charge in [-0.1, -0.05) is 6.92 Å². The van der Waals surface area contributed by atoms with Gasteiger partial charge in [0, 0.05) is 29.6 Å². The lowest BCUT2D eigenvalue weighted by Crippen LogP contribution is -2.49. The molecule has 1 saturated carbocycles. The van der Waals surface area contributed by atoms with Gasteiger partial charge in [0.15, 0.2) is 0 Å². The van der Waals surface area contributed by atoms with Gasteiger partial charge in [-0.25, -0.2) is 0 Å². The number of amides is 1. The maximum absolute atomic E-state index is 11.7. The van der Waals surface area contributed by atoms with E-state index in [4.69, 9.17) is 0 Å². The van der Waals surface area contributed by atoms with E-state index in [9.17, 15) is 4.79 Å². The number of rotatable bonds is 3. The Morgan fingerprint density at radius 3 is 2.87 bits per heavy atom. The molecule has 0 aromatic rings. The Morgan fingerprint density at radius 1 is 1.47 bits per heavy atom. The van der Waals surface area contributed by atoms with Gasteiger partial charge in [0.05, 0.1) is 6.54 Å². The van der Waals surface area contributed by atoms with Crippen LogP contribution in [0.2, 0.25) is 0 Å². The number of nitrogens with one attached hydrogen (secondary N) is 1. The van der Waals surface area contributed by atoms with Crippen molar-refractivity contribution in [3.05, 3.63) is 0 Å². The van der Waals surface area contributed by atoms with Gasteiger partial charge in [0.25, 0.3) is 0 Å². The molecule has 0 aromatic heterocycles. The normalized spacial score (nSPS) is 32.7. The number of carbonyl (C=O) groups is 1. The summed E-state index contributed by atoms with van der Waals surface area (Å²) < 4.78 is 0. The molecule has 2 atom stereocenters. The monoisotopic (exact) mass is 228 g/mol. The van der Waals surface area contributed by atoms with Crippen LogP contribution in [0.1, 0.15) is 26.7 Å². The highest BCUT2D eigenvalue weighted by Gasteiger charge is 2.28. The molecule has 2 rings (SSSR count). The van der Waals surface area contributed by atoms with E-state index in [-0.39, 0.29) is 5.91 Å². The fourth-order valence-electron chi connectivity index (χ4n) is 1.90. The molecule has 4 heteroatoms. The summed E-state index contributed by atoms with van der Waals surface area (Å²) in [6.07, 6.45) is 2.35. The van der Waals surface area contributed by atoms with Gasteiger partial charge in [0.2, 0.25) is 5.91 Å². The highest BCUT2D eigenvalue weighted by Crippen LogP contribution is 2.24. The van der Waals surface area contributed by atoms with Crippen molar-refractivity contribution in [3.8, 4) is 0 Å². The van der Waals surface area contributed by atoms with Gasteiger partial charge in [-0.3, -0.25) is 9.69 Å². The summed E-state index contributed by atoms with van der Waals surface area (Å²) in [5, 5.41) is 3.69. The maximum Gasteiger partial charge on any atom is 0.234 e. The fourth-order valence-corrected chi connectivity index (χ4v) is 3.07. The summed E-state index contributed by atoms with van der Waals surface area (Å²) in [4.78, 5) is 14.0. The Labute approximate surface area is 96.0 Å². The molecule has 1 aliphatic heterocycles. The zero-order valence-corrected chi connectivity index (χ0v) is 10.3. The highest BCUT2D eigenvalue weighted by atomic mass is 32.2. The van der Waals surface area contributed by atoms with Crippen LogP contribution in [0.25, 0.3) is 0 Å². The highest BCUT2D eigenvalue weighted by molar-refractivity contribution is 8.00. The third-order valence-corrected chi connectivity index (χ3v) is 4.64. The second-order valence-electron chi connectivity index (χ2n) is 4.63. The Hall–Kier alpha value is -0.220. The van der Waals surface area contributed by atoms with Crippen LogP contribution in [0.4, 0.5) is 0 Å². The molecule has 0 bridgehead atoms. The smallest absolute Gasteiger partial charge is 0.234 e. The van der Waals surface area contributed by atoms with Gasteiger partial charge in [0.1, 0.15) is 0 Å². The maximum atomic E-state index is 11.7. The van der Waals surface area contributed by atoms with Gasteiger partial charge in [-0.05, 0) is 19.8 Å². The largest absolute Gasteiger partial charge is 0.352 e. The number of hydrogen-bond acceptors (Lipinski definition) is 3. The summed E-state index contributed by atoms with van der Waals surface area (Å²) in [6.45, 7) is 6.11. The predicted octanol–water partition coefficient (Wildman–Crippen LogP) is 1.09. The molecular formula is C11H20N2OS.